The Labute approximate surface area is 106 Å². The highest BCUT2D eigenvalue weighted by atomic mass is 16.6. The van der Waals surface area contributed by atoms with Gasteiger partial charge < -0.3 is 4.74 Å². The quantitative estimate of drug-likeness (QED) is 0.628. The van der Waals surface area contributed by atoms with E-state index >= 15 is 0 Å². The molecule has 0 N–H and O–H groups in total. The van der Waals surface area contributed by atoms with Gasteiger partial charge in [0.05, 0.1) is 5.92 Å². The van der Waals surface area contributed by atoms with Crippen molar-refractivity contribution in [1.29, 1.82) is 0 Å². The van der Waals surface area contributed by atoms with Crippen LogP contribution in [0.4, 0.5) is 0 Å². The van der Waals surface area contributed by atoms with Gasteiger partial charge >= 0.3 is 5.97 Å². The van der Waals surface area contributed by atoms with Crippen molar-refractivity contribution < 1.29 is 9.53 Å². The highest BCUT2D eigenvalue weighted by molar-refractivity contribution is 5.78. The van der Waals surface area contributed by atoms with Gasteiger partial charge in [-0.05, 0) is 37.5 Å². The van der Waals surface area contributed by atoms with Gasteiger partial charge in [-0.2, -0.15) is 0 Å². The van der Waals surface area contributed by atoms with Crippen LogP contribution in [0.5, 0.6) is 0 Å². The molecule has 1 rings (SSSR count). The molecule has 0 saturated carbocycles. The predicted octanol–water partition coefficient (Wildman–Crippen LogP) is 4.04. The maximum Gasteiger partial charge on any atom is 0.312 e. The van der Waals surface area contributed by atoms with Crippen LogP contribution >= 0.6 is 0 Å². The first kappa shape index (κ1) is 14.5. The molecular formula is C15H28O2. The summed E-state index contributed by atoms with van der Waals surface area (Å²) in [6.07, 6.45) is 5.25. The van der Waals surface area contributed by atoms with Crippen molar-refractivity contribution in [2.45, 2.75) is 66.4 Å². The maximum atomic E-state index is 11.1. The van der Waals surface area contributed by atoms with E-state index in [9.17, 15) is 4.79 Å². The molecule has 1 heterocycles. The monoisotopic (exact) mass is 240 g/mol. The van der Waals surface area contributed by atoms with Crippen molar-refractivity contribution in [3.8, 4) is 0 Å². The Balaban J connectivity index is 2.26. The average molecular weight is 240 g/mol. The number of hydrogen-bond donors (Lipinski definition) is 0. The Kier molecular flexibility index (Phi) is 5.48. The second-order valence-corrected chi connectivity index (χ2v) is 6.14. The van der Waals surface area contributed by atoms with E-state index < -0.39 is 0 Å². The van der Waals surface area contributed by atoms with E-state index in [1.807, 2.05) is 6.92 Å². The Morgan fingerprint density at radius 1 is 1.18 bits per heavy atom. The van der Waals surface area contributed by atoms with E-state index in [4.69, 9.17) is 4.74 Å². The topological polar surface area (TPSA) is 26.3 Å². The van der Waals surface area contributed by atoms with Gasteiger partial charge in [0, 0.05) is 0 Å². The van der Waals surface area contributed by atoms with Gasteiger partial charge in [0.25, 0.3) is 0 Å². The molecule has 1 saturated heterocycles. The zero-order valence-electron chi connectivity index (χ0n) is 12.0. The summed E-state index contributed by atoms with van der Waals surface area (Å²) < 4.78 is 5.23. The molecule has 1 aliphatic heterocycles. The number of rotatable bonds is 7. The van der Waals surface area contributed by atoms with Gasteiger partial charge in [-0.15, -0.1) is 0 Å². The lowest BCUT2D eigenvalue weighted by atomic mass is 9.81. The standard InChI is InChI=1S/C15H28O2/c1-6-7-10(2)8-11(3)9-12(4)14-13(5)15(16)17-14/h10-14H,6-9H2,1-5H3. The molecule has 17 heavy (non-hydrogen) atoms. The number of esters is 1. The zero-order valence-corrected chi connectivity index (χ0v) is 12.0. The lowest BCUT2D eigenvalue weighted by Gasteiger charge is -2.38. The van der Waals surface area contributed by atoms with Gasteiger partial charge in [0.1, 0.15) is 6.10 Å². The molecule has 1 aliphatic rings. The lowest BCUT2D eigenvalue weighted by molar-refractivity contribution is -0.189. The summed E-state index contributed by atoms with van der Waals surface area (Å²) in [4.78, 5) is 11.1. The molecule has 100 valence electrons. The molecule has 0 amide bonds. The predicted molar refractivity (Wildman–Crippen MR) is 70.7 cm³/mol. The SMILES string of the molecule is CCCC(C)CC(C)CC(C)C1OC(=O)C1C. The molecule has 5 atom stereocenters. The van der Waals surface area contributed by atoms with Crippen LogP contribution in [0, 0.1) is 23.7 Å². The van der Waals surface area contributed by atoms with Gasteiger partial charge in [0.15, 0.2) is 0 Å². The van der Waals surface area contributed by atoms with E-state index in [0.717, 1.165) is 11.8 Å². The number of carbonyl (C=O) groups is 1. The Bertz CT molecular complexity index is 249. The van der Waals surface area contributed by atoms with Crippen LogP contribution in [0.1, 0.15) is 60.3 Å². The van der Waals surface area contributed by atoms with E-state index in [1.54, 1.807) is 0 Å². The molecule has 0 aromatic heterocycles. The van der Waals surface area contributed by atoms with Gasteiger partial charge in [-0.3, -0.25) is 4.79 Å². The van der Waals surface area contributed by atoms with Crippen LogP contribution < -0.4 is 0 Å². The van der Waals surface area contributed by atoms with E-state index in [1.165, 1.54) is 25.7 Å². The van der Waals surface area contributed by atoms with E-state index in [2.05, 4.69) is 27.7 Å². The molecule has 0 bridgehead atoms. The number of ether oxygens (including phenoxy) is 1. The molecule has 5 unspecified atom stereocenters. The minimum atomic E-state index is -0.0196. The third-order valence-corrected chi connectivity index (χ3v) is 4.04. The Hall–Kier alpha value is -0.530. The first-order valence-electron chi connectivity index (χ1n) is 7.16. The molecule has 0 aliphatic carbocycles. The molecule has 0 aromatic rings. The fourth-order valence-corrected chi connectivity index (χ4v) is 3.18. The molecular weight excluding hydrogens is 212 g/mol. The van der Waals surface area contributed by atoms with Crippen LogP contribution in [0.15, 0.2) is 0 Å². The molecule has 0 aromatic carbocycles. The largest absolute Gasteiger partial charge is 0.461 e. The summed E-state index contributed by atoms with van der Waals surface area (Å²) >= 11 is 0. The van der Waals surface area contributed by atoms with Crippen LogP contribution in [0.2, 0.25) is 0 Å². The zero-order chi connectivity index (χ0) is 13.0. The van der Waals surface area contributed by atoms with Gasteiger partial charge in [0.2, 0.25) is 0 Å². The average Bonchev–Trinajstić information content (AvgIpc) is 2.24. The summed E-state index contributed by atoms with van der Waals surface area (Å²) in [7, 11) is 0. The summed E-state index contributed by atoms with van der Waals surface area (Å²) in [6, 6.07) is 0. The molecule has 0 radical (unpaired) electrons. The highest BCUT2D eigenvalue weighted by Crippen LogP contribution is 2.33. The van der Waals surface area contributed by atoms with Gasteiger partial charge in [-0.25, -0.2) is 0 Å². The fourth-order valence-electron chi connectivity index (χ4n) is 3.18. The molecule has 2 nitrogen and oxygen atoms in total. The van der Waals surface area contributed by atoms with Crippen LogP contribution in [-0.2, 0) is 9.53 Å². The lowest BCUT2D eigenvalue weighted by Crippen LogP contribution is -2.47. The van der Waals surface area contributed by atoms with Crippen molar-refractivity contribution in [1.82, 2.24) is 0 Å². The van der Waals surface area contributed by atoms with Crippen molar-refractivity contribution >= 4 is 5.97 Å². The van der Waals surface area contributed by atoms with Crippen molar-refractivity contribution in [2.24, 2.45) is 23.7 Å². The van der Waals surface area contributed by atoms with E-state index in [-0.39, 0.29) is 18.0 Å². The summed E-state index contributed by atoms with van der Waals surface area (Å²) in [6.45, 7) is 11.1. The van der Waals surface area contributed by atoms with Gasteiger partial charge in [-0.1, -0.05) is 40.5 Å². The van der Waals surface area contributed by atoms with Crippen LogP contribution in [0.3, 0.4) is 0 Å². The highest BCUT2D eigenvalue weighted by Gasteiger charge is 2.42. The minimum Gasteiger partial charge on any atom is -0.461 e. The number of carbonyl (C=O) groups excluding carboxylic acids is 1. The van der Waals surface area contributed by atoms with Crippen LogP contribution in [-0.4, -0.2) is 12.1 Å². The van der Waals surface area contributed by atoms with E-state index in [0.29, 0.717) is 5.92 Å². The number of hydrogen-bond acceptors (Lipinski definition) is 2. The molecule has 0 spiro atoms. The van der Waals surface area contributed by atoms with Crippen molar-refractivity contribution in [2.75, 3.05) is 0 Å². The second-order valence-electron chi connectivity index (χ2n) is 6.14. The second kappa shape index (κ2) is 6.42. The minimum absolute atomic E-state index is 0.0196. The Morgan fingerprint density at radius 3 is 2.29 bits per heavy atom. The summed E-state index contributed by atoms with van der Waals surface area (Å²) in [5.41, 5.74) is 0. The first-order chi connectivity index (χ1) is 7.95. The number of cyclic esters (lactones) is 1. The third kappa shape index (κ3) is 4.01. The molecule has 2 heteroatoms. The summed E-state index contributed by atoms with van der Waals surface area (Å²) in [5, 5.41) is 0. The molecule has 1 fully saturated rings. The fraction of sp³-hybridized carbons (Fsp3) is 0.933. The first-order valence-corrected chi connectivity index (χ1v) is 7.16. The third-order valence-electron chi connectivity index (χ3n) is 4.04. The van der Waals surface area contributed by atoms with Crippen molar-refractivity contribution in [3.05, 3.63) is 0 Å². The van der Waals surface area contributed by atoms with Crippen LogP contribution in [0.25, 0.3) is 0 Å². The van der Waals surface area contributed by atoms with Crippen molar-refractivity contribution in [3.63, 3.8) is 0 Å². The normalized spacial score (nSPS) is 29.1. The maximum absolute atomic E-state index is 11.1. The smallest absolute Gasteiger partial charge is 0.312 e. The summed E-state index contributed by atoms with van der Waals surface area (Å²) in [5.74, 6) is 2.16. The Morgan fingerprint density at radius 2 is 1.82 bits per heavy atom.